The van der Waals surface area contributed by atoms with E-state index in [2.05, 4.69) is 15.6 Å². The van der Waals surface area contributed by atoms with E-state index < -0.39 is 18.0 Å². The van der Waals surface area contributed by atoms with Crippen LogP contribution >= 0.6 is 11.3 Å². The summed E-state index contributed by atoms with van der Waals surface area (Å²) in [5.41, 5.74) is 0.814. The number of rotatable bonds is 5. The second-order valence-corrected chi connectivity index (χ2v) is 4.43. The molecule has 0 radical (unpaired) electrons. The molecule has 94 valence electrons. The van der Waals surface area contributed by atoms with Gasteiger partial charge in [0, 0.05) is 5.38 Å². The highest BCUT2D eigenvalue weighted by atomic mass is 32.1. The lowest BCUT2D eigenvalue weighted by atomic mass is 10.2. The Balaban J connectivity index is 2.50. The summed E-state index contributed by atoms with van der Waals surface area (Å²) in [5.74, 6) is -1.03. The molecule has 3 N–H and O–H groups in total. The minimum Gasteiger partial charge on any atom is -0.480 e. The van der Waals surface area contributed by atoms with E-state index in [4.69, 9.17) is 5.11 Å². The number of thiazole rings is 1. The fraction of sp³-hybridized carbons (Fsp3) is 0.500. The summed E-state index contributed by atoms with van der Waals surface area (Å²) in [4.78, 5) is 26.4. The van der Waals surface area contributed by atoms with Gasteiger partial charge in [0.25, 0.3) is 0 Å². The van der Waals surface area contributed by atoms with Crippen molar-refractivity contribution in [3.05, 3.63) is 11.1 Å². The number of nitrogens with one attached hydrogen (secondary N) is 2. The molecule has 0 aliphatic carbocycles. The number of amides is 2. The van der Waals surface area contributed by atoms with Crippen LogP contribution in [0.1, 0.15) is 25.5 Å². The van der Waals surface area contributed by atoms with Gasteiger partial charge in [-0.25, -0.2) is 14.6 Å². The maximum Gasteiger partial charge on any atom is 0.326 e. The highest BCUT2D eigenvalue weighted by Crippen LogP contribution is 2.14. The SMILES string of the molecule is CCC[C@@H](NC(=O)Nc1nc(C)cs1)C(=O)O. The second-order valence-electron chi connectivity index (χ2n) is 3.57. The molecule has 0 unspecified atom stereocenters. The molecule has 0 aliphatic heterocycles. The molecule has 17 heavy (non-hydrogen) atoms. The molecule has 1 atom stereocenters. The van der Waals surface area contributed by atoms with Crippen LogP contribution in [0, 0.1) is 6.92 Å². The normalized spacial score (nSPS) is 11.9. The van der Waals surface area contributed by atoms with Gasteiger partial charge in [0.15, 0.2) is 5.13 Å². The molecule has 6 nitrogen and oxygen atoms in total. The van der Waals surface area contributed by atoms with Gasteiger partial charge in [-0.1, -0.05) is 13.3 Å². The standard InChI is InChI=1S/C10H15N3O3S/c1-3-4-7(8(14)15)12-9(16)13-10-11-6(2)5-17-10/h5,7H,3-4H2,1-2H3,(H,14,15)(H2,11,12,13,16)/t7-/m1/s1. The quantitative estimate of drug-likeness (QED) is 0.750. The molecule has 0 saturated carbocycles. The number of carbonyl (C=O) groups excluding carboxylic acids is 1. The molecule has 1 heterocycles. The first kappa shape index (κ1) is 13.4. The highest BCUT2D eigenvalue weighted by molar-refractivity contribution is 7.13. The molecular formula is C10H15N3O3S. The number of carboxylic acids is 1. The molecule has 7 heteroatoms. The smallest absolute Gasteiger partial charge is 0.326 e. The zero-order valence-corrected chi connectivity index (χ0v) is 10.5. The van der Waals surface area contributed by atoms with Crippen LogP contribution in [0.25, 0.3) is 0 Å². The maximum atomic E-state index is 11.5. The molecule has 0 fully saturated rings. The summed E-state index contributed by atoms with van der Waals surface area (Å²) in [6.07, 6.45) is 1.09. The zero-order valence-electron chi connectivity index (χ0n) is 9.69. The lowest BCUT2D eigenvalue weighted by Gasteiger charge is -2.13. The van der Waals surface area contributed by atoms with Crippen molar-refractivity contribution in [3.8, 4) is 0 Å². The average molecular weight is 257 g/mol. The number of nitrogens with zero attached hydrogens (tertiary/aromatic N) is 1. The van der Waals surface area contributed by atoms with Crippen molar-refractivity contribution in [2.24, 2.45) is 0 Å². The molecule has 0 aromatic carbocycles. The Kier molecular flexibility index (Phi) is 4.89. The van der Waals surface area contributed by atoms with Crippen LogP contribution in [-0.4, -0.2) is 28.1 Å². The molecule has 0 saturated heterocycles. The Bertz CT molecular complexity index is 405. The molecular weight excluding hydrogens is 242 g/mol. The van der Waals surface area contributed by atoms with Crippen molar-refractivity contribution in [1.82, 2.24) is 10.3 Å². The van der Waals surface area contributed by atoms with Crippen LogP contribution in [0.5, 0.6) is 0 Å². The van der Waals surface area contributed by atoms with Crippen molar-refractivity contribution >= 4 is 28.5 Å². The number of aromatic nitrogens is 1. The number of aryl methyl sites for hydroxylation is 1. The Hall–Kier alpha value is -1.63. The number of carboxylic acid groups (broad SMARTS) is 1. The van der Waals surface area contributed by atoms with Crippen LogP contribution in [0.2, 0.25) is 0 Å². The molecule has 1 aromatic rings. The van der Waals surface area contributed by atoms with Crippen molar-refractivity contribution < 1.29 is 14.7 Å². The first-order valence-corrected chi connectivity index (χ1v) is 6.13. The largest absolute Gasteiger partial charge is 0.480 e. The minimum absolute atomic E-state index is 0.402. The summed E-state index contributed by atoms with van der Waals surface area (Å²) >= 11 is 1.30. The summed E-state index contributed by atoms with van der Waals surface area (Å²) in [6, 6.07) is -1.40. The predicted molar refractivity (Wildman–Crippen MR) is 65.3 cm³/mol. The Morgan fingerprint density at radius 2 is 2.29 bits per heavy atom. The number of carbonyl (C=O) groups is 2. The van der Waals surface area contributed by atoms with Crippen LogP contribution < -0.4 is 10.6 Å². The number of anilines is 1. The Labute approximate surface area is 103 Å². The van der Waals surface area contributed by atoms with Crippen LogP contribution in [-0.2, 0) is 4.79 Å². The van der Waals surface area contributed by atoms with Crippen molar-refractivity contribution in [2.45, 2.75) is 32.7 Å². The van der Waals surface area contributed by atoms with Gasteiger partial charge in [0.05, 0.1) is 5.69 Å². The van der Waals surface area contributed by atoms with Gasteiger partial charge >= 0.3 is 12.0 Å². The fourth-order valence-electron chi connectivity index (χ4n) is 1.25. The van der Waals surface area contributed by atoms with Crippen molar-refractivity contribution in [1.29, 1.82) is 0 Å². The fourth-order valence-corrected chi connectivity index (χ4v) is 1.93. The lowest BCUT2D eigenvalue weighted by Crippen LogP contribution is -2.42. The number of hydrogen-bond donors (Lipinski definition) is 3. The highest BCUT2D eigenvalue weighted by Gasteiger charge is 2.18. The maximum absolute atomic E-state index is 11.5. The third kappa shape index (κ3) is 4.39. The Morgan fingerprint density at radius 1 is 1.59 bits per heavy atom. The molecule has 0 aliphatic rings. The van der Waals surface area contributed by atoms with Gasteiger partial charge in [-0.05, 0) is 13.3 Å². The Morgan fingerprint density at radius 3 is 2.76 bits per heavy atom. The summed E-state index contributed by atoms with van der Waals surface area (Å²) in [5, 5.41) is 16.0. The topological polar surface area (TPSA) is 91.3 Å². The van der Waals surface area contributed by atoms with Gasteiger partial charge in [0.1, 0.15) is 6.04 Å². The minimum atomic E-state index is -1.03. The number of aliphatic carboxylic acids is 1. The molecule has 0 spiro atoms. The summed E-state index contributed by atoms with van der Waals surface area (Å²) in [6.45, 7) is 3.68. The van der Waals surface area contributed by atoms with Crippen LogP contribution in [0.15, 0.2) is 5.38 Å². The number of urea groups is 1. The van der Waals surface area contributed by atoms with Gasteiger partial charge in [-0.15, -0.1) is 11.3 Å². The van der Waals surface area contributed by atoms with Gasteiger partial charge in [0.2, 0.25) is 0 Å². The molecule has 2 amide bonds. The molecule has 1 aromatic heterocycles. The van der Waals surface area contributed by atoms with E-state index in [9.17, 15) is 9.59 Å². The van der Waals surface area contributed by atoms with E-state index in [1.807, 2.05) is 13.8 Å². The van der Waals surface area contributed by atoms with Crippen molar-refractivity contribution in [3.63, 3.8) is 0 Å². The van der Waals surface area contributed by atoms with E-state index in [1.54, 1.807) is 5.38 Å². The lowest BCUT2D eigenvalue weighted by molar-refractivity contribution is -0.139. The van der Waals surface area contributed by atoms with E-state index in [0.29, 0.717) is 18.0 Å². The number of hydrogen-bond acceptors (Lipinski definition) is 4. The second kappa shape index (κ2) is 6.19. The van der Waals surface area contributed by atoms with E-state index in [1.165, 1.54) is 11.3 Å². The van der Waals surface area contributed by atoms with E-state index in [0.717, 1.165) is 5.69 Å². The van der Waals surface area contributed by atoms with Gasteiger partial charge < -0.3 is 10.4 Å². The van der Waals surface area contributed by atoms with Crippen molar-refractivity contribution in [2.75, 3.05) is 5.32 Å². The average Bonchev–Trinajstić information content (AvgIpc) is 2.63. The third-order valence-electron chi connectivity index (χ3n) is 2.02. The molecule has 0 bridgehead atoms. The van der Waals surface area contributed by atoms with Gasteiger partial charge in [-0.2, -0.15) is 0 Å². The molecule has 1 rings (SSSR count). The first-order valence-electron chi connectivity index (χ1n) is 5.25. The summed E-state index contributed by atoms with van der Waals surface area (Å²) in [7, 11) is 0. The van der Waals surface area contributed by atoms with E-state index in [-0.39, 0.29) is 0 Å². The third-order valence-corrected chi connectivity index (χ3v) is 2.90. The monoisotopic (exact) mass is 257 g/mol. The van der Waals surface area contributed by atoms with Crippen LogP contribution in [0.4, 0.5) is 9.93 Å². The van der Waals surface area contributed by atoms with E-state index >= 15 is 0 Å². The predicted octanol–water partition coefficient (Wildman–Crippen LogP) is 1.83. The first-order chi connectivity index (χ1) is 8.02. The van der Waals surface area contributed by atoms with Gasteiger partial charge in [-0.3, -0.25) is 5.32 Å². The van der Waals surface area contributed by atoms with Crippen LogP contribution in [0.3, 0.4) is 0 Å². The summed E-state index contributed by atoms with van der Waals surface area (Å²) < 4.78 is 0. The zero-order chi connectivity index (χ0) is 12.8.